The lowest BCUT2D eigenvalue weighted by Crippen LogP contribution is -2.01. The highest BCUT2D eigenvalue weighted by Crippen LogP contribution is 2.35. The zero-order valence-electron chi connectivity index (χ0n) is 21.4. The fourth-order valence-electron chi connectivity index (χ4n) is 4.83. The molecule has 6 rings (SSSR count). The molecule has 0 unspecified atom stereocenters. The average Bonchev–Trinajstić information content (AvgIpc) is 3.43. The van der Waals surface area contributed by atoms with Gasteiger partial charge in [-0.15, -0.1) is 10.2 Å². The van der Waals surface area contributed by atoms with Gasteiger partial charge in [0.05, 0.1) is 7.11 Å². The molecule has 1 heterocycles. The van der Waals surface area contributed by atoms with Crippen LogP contribution in [0.5, 0.6) is 5.75 Å². The Labute approximate surface area is 222 Å². The average molecular weight is 494 g/mol. The smallest absolute Gasteiger partial charge is 0.168 e. The minimum Gasteiger partial charge on any atom is -0.497 e. The lowest BCUT2D eigenvalue weighted by Gasteiger charge is -2.14. The van der Waals surface area contributed by atoms with Gasteiger partial charge in [-0.2, -0.15) is 0 Å². The summed E-state index contributed by atoms with van der Waals surface area (Å²) in [5.41, 5.74) is 8.60. The van der Waals surface area contributed by atoms with Gasteiger partial charge in [0, 0.05) is 16.8 Å². The second-order valence-electron chi connectivity index (χ2n) is 9.29. The number of rotatable bonds is 6. The van der Waals surface area contributed by atoms with Crippen LogP contribution in [-0.4, -0.2) is 21.9 Å². The van der Waals surface area contributed by atoms with Crippen LogP contribution in [0.2, 0.25) is 0 Å². The van der Waals surface area contributed by atoms with Gasteiger partial charge in [0.15, 0.2) is 11.6 Å². The Morgan fingerprint density at radius 2 is 0.974 bits per heavy atom. The van der Waals surface area contributed by atoms with Gasteiger partial charge in [-0.1, -0.05) is 78.9 Å². The first-order valence-corrected chi connectivity index (χ1v) is 12.6. The number of aryl methyl sites for hydroxylation is 1. The zero-order chi connectivity index (χ0) is 25.9. The SMILES string of the molecule is COc1cc(C)cc(-c2nnc(-c3cc(-c4ccccc4)cc(-c4ccccc4)c3)n2-c2ccccc2)c1. The molecule has 0 aliphatic rings. The van der Waals surface area contributed by atoms with E-state index >= 15 is 0 Å². The topological polar surface area (TPSA) is 39.9 Å². The molecule has 0 spiro atoms. The standard InChI is InChI=1S/C34H27N3O/c1-24-18-29(23-32(19-24)38-2)33-35-36-34(37(33)31-16-10-5-11-17-31)30-21-27(25-12-6-3-7-13-25)20-28(22-30)26-14-8-4-9-15-26/h3-23H,1-2H3. The normalized spacial score (nSPS) is 10.9. The van der Waals surface area contributed by atoms with Crippen molar-refractivity contribution in [2.24, 2.45) is 0 Å². The highest BCUT2D eigenvalue weighted by molar-refractivity contribution is 5.80. The summed E-state index contributed by atoms with van der Waals surface area (Å²) in [4.78, 5) is 0. The Morgan fingerprint density at radius 3 is 1.50 bits per heavy atom. The first kappa shape index (κ1) is 23.4. The van der Waals surface area contributed by atoms with E-state index in [9.17, 15) is 0 Å². The Balaban J connectivity index is 1.61. The number of hydrogen-bond acceptors (Lipinski definition) is 3. The summed E-state index contributed by atoms with van der Waals surface area (Å²) >= 11 is 0. The van der Waals surface area contributed by atoms with Gasteiger partial charge in [-0.25, -0.2) is 0 Å². The number of para-hydroxylation sites is 1. The molecule has 0 saturated carbocycles. The van der Waals surface area contributed by atoms with Gasteiger partial charge in [-0.05, 0) is 83.3 Å². The second kappa shape index (κ2) is 10.2. The van der Waals surface area contributed by atoms with E-state index in [1.165, 1.54) is 0 Å². The van der Waals surface area contributed by atoms with E-state index in [1.54, 1.807) is 7.11 Å². The minimum atomic E-state index is 0.763. The molecule has 0 saturated heterocycles. The van der Waals surface area contributed by atoms with Crippen molar-refractivity contribution in [2.45, 2.75) is 6.92 Å². The molecule has 6 aromatic rings. The molecule has 0 fully saturated rings. The fraction of sp³-hybridized carbons (Fsp3) is 0.0588. The summed E-state index contributed by atoms with van der Waals surface area (Å²) < 4.78 is 7.70. The summed E-state index contributed by atoms with van der Waals surface area (Å²) in [7, 11) is 1.69. The predicted molar refractivity (Wildman–Crippen MR) is 154 cm³/mol. The third-order valence-electron chi connectivity index (χ3n) is 6.63. The molecule has 0 bridgehead atoms. The lowest BCUT2D eigenvalue weighted by atomic mass is 9.96. The highest BCUT2D eigenvalue weighted by atomic mass is 16.5. The van der Waals surface area contributed by atoms with E-state index in [0.717, 1.165) is 62.0 Å². The second-order valence-corrected chi connectivity index (χ2v) is 9.29. The van der Waals surface area contributed by atoms with E-state index in [1.807, 2.05) is 42.5 Å². The van der Waals surface area contributed by atoms with Crippen molar-refractivity contribution in [1.29, 1.82) is 0 Å². The first-order valence-electron chi connectivity index (χ1n) is 12.6. The third kappa shape index (κ3) is 4.60. The summed E-state index contributed by atoms with van der Waals surface area (Å²) in [6.07, 6.45) is 0. The van der Waals surface area contributed by atoms with Crippen LogP contribution in [0.15, 0.2) is 127 Å². The van der Waals surface area contributed by atoms with Crippen LogP contribution in [-0.2, 0) is 0 Å². The summed E-state index contributed by atoms with van der Waals surface area (Å²) in [5.74, 6) is 2.34. The van der Waals surface area contributed by atoms with Gasteiger partial charge in [0.25, 0.3) is 0 Å². The zero-order valence-corrected chi connectivity index (χ0v) is 21.4. The fourth-order valence-corrected chi connectivity index (χ4v) is 4.83. The number of nitrogens with zero attached hydrogens (tertiary/aromatic N) is 3. The number of benzene rings is 5. The predicted octanol–water partition coefficient (Wildman–Crippen LogP) is 8.25. The molecule has 38 heavy (non-hydrogen) atoms. The molecular weight excluding hydrogens is 466 g/mol. The van der Waals surface area contributed by atoms with Crippen molar-refractivity contribution in [3.05, 3.63) is 133 Å². The quantitative estimate of drug-likeness (QED) is 0.234. The van der Waals surface area contributed by atoms with E-state index < -0.39 is 0 Å². The summed E-state index contributed by atoms with van der Waals surface area (Å²) in [5, 5.41) is 9.48. The molecule has 184 valence electrons. The van der Waals surface area contributed by atoms with Crippen molar-refractivity contribution in [3.63, 3.8) is 0 Å². The molecule has 0 atom stereocenters. The number of methoxy groups -OCH3 is 1. The number of ether oxygens (including phenoxy) is 1. The van der Waals surface area contributed by atoms with Crippen LogP contribution in [0, 0.1) is 6.92 Å². The number of hydrogen-bond donors (Lipinski definition) is 0. The monoisotopic (exact) mass is 493 g/mol. The van der Waals surface area contributed by atoms with Crippen molar-refractivity contribution >= 4 is 0 Å². The van der Waals surface area contributed by atoms with Crippen LogP contribution in [0.3, 0.4) is 0 Å². The van der Waals surface area contributed by atoms with E-state index in [4.69, 9.17) is 14.9 Å². The first-order chi connectivity index (χ1) is 18.7. The van der Waals surface area contributed by atoms with Crippen LogP contribution in [0.25, 0.3) is 50.7 Å². The molecule has 0 aliphatic carbocycles. The summed E-state index contributed by atoms with van der Waals surface area (Å²) in [6, 6.07) is 44.0. The van der Waals surface area contributed by atoms with Crippen LogP contribution in [0.1, 0.15) is 5.56 Å². The molecule has 4 nitrogen and oxygen atoms in total. The van der Waals surface area contributed by atoms with Crippen LogP contribution < -0.4 is 4.74 Å². The molecule has 4 heteroatoms. The summed E-state index contributed by atoms with van der Waals surface area (Å²) in [6.45, 7) is 2.06. The van der Waals surface area contributed by atoms with Crippen molar-refractivity contribution in [3.8, 4) is 56.5 Å². The highest BCUT2D eigenvalue weighted by Gasteiger charge is 2.19. The molecule has 0 amide bonds. The molecular formula is C34H27N3O. The van der Waals surface area contributed by atoms with Gasteiger partial charge in [0.2, 0.25) is 0 Å². The molecule has 0 N–H and O–H groups in total. The van der Waals surface area contributed by atoms with Crippen molar-refractivity contribution in [1.82, 2.24) is 14.8 Å². The Hall–Kier alpha value is -4.96. The van der Waals surface area contributed by atoms with E-state index in [2.05, 4.69) is 96.4 Å². The maximum absolute atomic E-state index is 5.57. The van der Waals surface area contributed by atoms with Crippen molar-refractivity contribution in [2.75, 3.05) is 7.11 Å². The maximum Gasteiger partial charge on any atom is 0.168 e. The van der Waals surface area contributed by atoms with Gasteiger partial charge >= 0.3 is 0 Å². The Morgan fingerprint density at radius 1 is 0.500 bits per heavy atom. The van der Waals surface area contributed by atoms with Crippen molar-refractivity contribution < 1.29 is 4.74 Å². The molecule has 0 radical (unpaired) electrons. The molecule has 5 aromatic carbocycles. The van der Waals surface area contributed by atoms with E-state index in [-0.39, 0.29) is 0 Å². The van der Waals surface area contributed by atoms with Gasteiger partial charge in [-0.3, -0.25) is 4.57 Å². The van der Waals surface area contributed by atoms with Gasteiger partial charge < -0.3 is 4.74 Å². The van der Waals surface area contributed by atoms with Gasteiger partial charge in [0.1, 0.15) is 5.75 Å². The largest absolute Gasteiger partial charge is 0.497 e. The third-order valence-corrected chi connectivity index (χ3v) is 6.63. The minimum absolute atomic E-state index is 0.763. The lowest BCUT2D eigenvalue weighted by molar-refractivity contribution is 0.414. The van der Waals surface area contributed by atoms with E-state index in [0.29, 0.717) is 0 Å². The Kier molecular flexibility index (Phi) is 6.29. The number of aromatic nitrogens is 3. The maximum atomic E-state index is 5.57. The van der Waals surface area contributed by atoms with Crippen LogP contribution in [0.4, 0.5) is 0 Å². The molecule has 0 aliphatic heterocycles. The molecule has 1 aromatic heterocycles. The van der Waals surface area contributed by atoms with Crippen LogP contribution >= 0.6 is 0 Å². The Bertz CT molecular complexity index is 1630.